The van der Waals surface area contributed by atoms with Crippen molar-refractivity contribution in [3.8, 4) is 0 Å². The van der Waals surface area contributed by atoms with Crippen LogP contribution in [0, 0.1) is 0 Å². The van der Waals surface area contributed by atoms with E-state index in [2.05, 4.69) is 14.6 Å². The number of rotatable bonds is 5. The molecule has 9 heteroatoms. The number of nitrogens with zero attached hydrogens (tertiary/aromatic N) is 3. The fourth-order valence-corrected chi connectivity index (χ4v) is 6.08. The van der Waals surface area contributed by atoms with Gasteiger partial charge in [0, 0.05) is 44.1 Å². The number of hydrogen-bond donors (Lipinski definition) is 1. The maximum atomic E-state index is 12.9. The molecular formula is C19H24N4O3S2. The predicted octanol–water partition coefficient (Wildman–Crippen LogP) is 2.33. The average Bonchev–Trinajstić information content (AvgIpc) is 3.42. The Balaban J connectivity index is 1.36. The quantitative estimate of drug-likeness (QED) is 0.803. The van der Waals surface area contributed by atoms with E-state index >= 15 is 0 Å². The van der Waals surface area contributed by atoms with E-state index in [9.17, 15) is 13.2 Å². The number of likely N-dealkylation sites (tertiary alicyclic amines) is 1. The van der Waals surface area contributed by atoms with Crippen LogP contribution in [0.5, 0.6) is 0 Å². The molecule has 2 aliphatic rings. The Kier molecular flexibility index (Phi) is 5.65. The van der Waals surface area contributed by atoms with E-state index in [-0.39, 0.29) is 11.9 Å². The Bertz CT molecular complexity index is 916. The van der Waals surface area contributed by atoms with Crippen LogP contribution in [0.4, 0.5) is 5.69 Å². The number of nitrogens with one attached hydrogen (secondary N) is 1. The summed E-state index contributed by atoms with van der Waals surface area (Å²) >= 11 is 1.21. The van der Waals surface area contributed by atoms with Crippen molar-refractivity contribution in [2.24, 2.45) is 0 Å². The van der Waals surface area contributed by atoms with E-state index in [1.807, 2.05) is 12.1 Å². The van der Waals surface area contributed by atoms with E-state index in [0.29, 0.717) is 35.8 Å². The minimum Gasteiger partial charge on any atom is -0.371 e. The standard InChI is InChI=1S/C19H24N4O3S2/c24-19(17-14-16(5-8-20-17)22-9-1-2-10-22)23-11-6-15(7-12-23)21-28(25,26)18-4-3-13-27-18/h3-5,8,13-15,21H,1-2,6-7,9-12H2. The number of thiophene rings is 1. The van der Waals surface area contributed by atoms with Gasteiger partial charge in [-0.1, -0.05) is 6.07 Å². The minimum absolute atomic E-state index is 0.0828. The summed E-state index contributed by atoms with van der Waals surface area (Å²) in [6.45, 7) is 3.08. The largest absolute Gasteiger partial charge is 0.371 e. The molecule has 0 aliphatic carbocycles. The fourth-order valence-electron chi connectivity index (χ4n) is 3.76. The van der Waals surface area contributed by atoms with E-state index in [1.54, 1.807) is 28.6 Å². The van der Waals surface area contributed by atoms with Gasteiger partial charge in [-0.05, 0) is 49.3 Å². The van der Waals surface area contributed by atoms with Gasteiger partial charge in [0.25, 0.3) is 5.91 Å². The van der Waals surface area contributed by atoms with E-state index < -0.39 is 10.0 Å². The average molecular weight is 421 g/mol. The van der Waals surface area contributed by atoms with Gasteiger partial charge in [0.15, 0.2) is 0 Å². The molecule has 2 aromatic heterocycles. The smallest absolute Gasteiger partial charge is 0.272 e. The lowest BCUT2D eigenvalue weighted by Crippen LogP contribution is -2.46. The van der Waals surface area contributed by atoms with Crippen molar-refractivity contribution in [1.29, 1.82) is 0 Å². The summed E-state index contributed by atoms with van der Waals surface area (Å²) < 4.78 is 27.8. The zero-order valence-electron chi connectivity index (χ0n) is 15.6. The lowest BCUT2D eigenvalue weighted by Gasteiger charge is -2.32. The third-order valence-electron chi connectivity index (χ3n) is 5.30. The van der Waals surface area contributed by atoms with Gasteiger partial charge in [-0.3, -0.25) is 9.78 Å². The highest BCUT2D eigenvalue weighted by Crippen LogP contribution is 2.22. The van der Waals surface area contributed by atoms with Crippen molar-refractivity contribution in [2.45, 2.75) is 35.9 Å². The van der Waals surface area contributed by atoms with E-state index in [4.69, 9.17) is 0 Å². The SMILES string of the molecule is O=C(c1cc(N2CCCC2)ccn1)N1CCC(NS(=O)(=O)c2cccs2)CC1. The number of hydrogen-bond acceptors (Lipinski definition) is 6. The molecule has 2 saturated heterocycles. The summed E-state index contributed by atoms with van der Waals surface area (Å²) in [6, 6.07) is 7.00. The molecule has 28 heavy (non-hydrogen) atoms. The second kappa shape index (κ2) is 8.18. The number of pyridine rings is 1. The summed E-state index contributed by atoms with van der Waals surface area (Å²) in [5.74, 6) is -0.0828. The van der Waals surface area contributed by atoms with Gasteiger partial charge in [-0.25, -0.2) is 13.1 Å². The lowest BCUT2D eigenvalue weighted by atomic mass is 10.1. The van der Waals surface area contributed by atoms with Crippen LogP contribution in [-0.2, 0) is 10.0 Å². The van der Waals surface area contributed by atoms with Crippen LogP contribution in [0.3, 0.4) is 0 Å². The molecule has 0 bridgehead atoms. The number of amides is 1. The second-order valence-corrected chi connectivity index (χ2v) is 10.1. The molecule has 1 N–H and O–H groups in total. The van der Waals surface area contributed by atoms with Crippen molar-refractivity contribution in [3.05, 3.63) is 41.5 Å². The minimum atomic E-state index is -3.47. The zero-order valence-corrected chi connectivity index (χ0v) is 17.2. The number of carbonyl (C=O) groups is 1. The Hall–Kier alpha value is -1.97. The topological polar surface area (TPSA) is 82.6 Å². The highest BCUT2D eigenvalue weighted by molar-refractivity contribution is 7.91. The zero-order chi connectivity index (χ0) is 19.6. The Labute approximate surface area is 169 Å². The molecule has 4 heterocycles. The van der Waals surface area contributed by atoms with Gasteiger partial charge in [-0.15, -0.1) is 11.3 Å². The normalized spacial score (nSPS) is 18.6. The molecule has 2 aromatic rings. The van der Waals surface area contributed by atoms with Gasteiger partial charge in [0.05, 0.1) is 0 Å². The van der Waals surface area contributed by atoms with Crippen LogP contribution in [0.1, 0.15) is 36.2 Å². The summed E-state index contributed by atoms with van der Waals surface area (Å²) in [4.78, 5) is 21.2. The molecule has 0 saturated carbocycles. The van der Waals surface area contributed by atoms with Crippen molar-refractivity contribution in [1.82, 2.24) is 14.6 Å². The first-order valence-electron chi connectivity index (χ1n) is 9.59. The summed E-state index contributed by atoms with van der Waals surface area (Å²) in [5.41, 5.74) is 1.51. The van der Waals surface area contributed by atoms with Crippen molar-refractivity contribution < 1.29 is 13.2 Å². The number of aromatic nitrogens is 1. The first-order chi connectivity index (χ1) is 13.5. The number of carbonyl (C=O) groups excluding carboxylic acids is 1. The van der Waals surface area contributed by atoms with Crippen LogP contribution >= 0.6 is 11.3 Å². The molecule has 2 aliphatic heterocycles. The van der Waals surface area contributed by atoms with Gasteiger partial charge in [-0.2, -0.15) is 0 Å². The molecule has 0 spiro atoms. The number of sulfonamides is 1. The predicted molar refractivity (Wildman–Crippen MR) is 109 cm³/mol. The van der Waals surface area contributed by atoms with Crippen LogP contribution in [0.25, 0.3) is 0 Å². The maximum Gasteiger partial charge on any atom is 0.272 e. The number of piperidine rings is 1. The molecule has 0 radical (unpaired) electrons. The van der Waals surface area contributed by atoms with Crippen LogP contribution in [-0.4, -0.2) is 56.4 Å². The molecule has 150 valence electrons. The monoisotopic (exact) mass is 420 g/mol. The van der Waals surface area contributed by atoms with Crippen LogP contribution in [0.15, 0.2) is 40.1 Å². The van der Waals surface area contributed by atoms with Crippen molar-refractivity contribution in [3.63, 3.8) is 0 Å². The third kappa shape index (κ3) is 4.21. The second-order valence-electron chi connectivity index (χ2n) is 7.21. The first-order valence-corrected chi connectivity index (χ1v) is 12.0. The molecule has 0 unspecified atom stereocenters. The highest BCUT2D eigenvalue weighted by Gasteiger charge is 2.28. The van der Waals surface area contributed by atoms with E-state index in [0.717, 1.165) is 18.8 Å². The first kappa shape index (κ1) is 19.4. The molecule has 2 fully saturated rings. The van der Waals surface area contributed by atoms with Gasteiger partial charge >= 0.3 is 0 Å². The summed E-state index contributed by atoms with van der Waals surface area (Å²) in [7, 11) is -3.47. The molecule has 0 aromatic carbocycles. The highest BCUT2D eigenvalue weighted by atomic mass is 32.2. The maximum absolute atomic E-state index is 12.9. The van der Waals surface area contributed by atoms with Gasteiger partial charge < -0.3 is 9.80 Å². The van der Waals surface area contributed by atoms with Gasteiger partial charge in [0.2, 0.25) is 10.0 Å². The summed E-state index contributed by atoms with van der Waals surface area (Å²) in [6.07, 6.45) is 5.26. The van der Waals surface area contributed by atoms with Gasteiger partial charge in [0.1, 0.15) is 9.90 Å². The molecule has 7 nitrogen and oxygen atoms in total. The van der Waals surface area contributed by atoms with Crippen molar-refractivity contribution >= 4 is 33.0 Å². The Morgan fingerprint density at radius 1 is 1.14 bits per heavy atom. The van der Waals surface area contributed by atoms with Crippen LogP contribution < -0.4 is 9.62 Å². The lowest BCUT2D eigenvalue weighted by molar-refractivity contribution is 0.0705. The van der Waals surface area contributed by atoms with Crippen molar-refractivity contribution in [2.75, 3.05) is 31.1 Å². The molecule has 4 rings (SSSR count). The number of anilines is 1. The van der Waals surface area contributed by atoms with Crippen LogP contribution in [0.2, 0.25) is 0 Å². The third-order valence-corrected chi connectivity index (χ3v) is 8.22. The molecule has 0 atom stereocenters. The summed E-state index contributed by atoms with van der Waals surface area (Å²) in [5, 5.41) is 1.75. The van der Waals surface area contributed by atoms with E-state index in [1.165, 1.54) is 24.2 Å². The molecular weight excluding hydrogens is 396 g/mol. The Morgan fingerprint density at radius 3 is 2.57 bits per heavy atom. The fraction of sp³-hybridized carbons (Fsp3) is 0.474. The molecule has 1 amide bonds. The Morgan fingerprint density at radius 2 is 1.89 bits per heavy atom.